The fourth-order valence-corrected chi connectivity index (χ4v) is 1.95. The van der Waals surface area contributed by atoms with Gasteiger partial charge in [-0.1, -0.05) is 12.1 Å². The van der Waals surface area contributed by atoms with Gasteiger partial charge in [0.2, 0.25) is 12.3 Å². The molecule has 0 aliphatic rings. The predicted octanol–water partition coefficient (Wildman–Crippen LogP) is 4.33. The first kappa shape index (κ1) is 15.1. The number of alkyl halides is 3. The second kappa shape index (κ2) is 6.12. The Labute approximate surface area is 129 Å². The van der Waals surface area contributed by atoms with Crippen molar-refractivity contribution >= 4 is 0 Å². The third kappa shape index (κ3) is 3.68. The molecule has 0 radical (unpaired) electrons. The van der Waals surface area contributed by atoms with Crippen molar-refractivity contribution in [2.45, 2.75) is 12.8 Å². The van der Waals surface area contributed by atoms with Crippen molar-refractivity contribution in [3.8, 4) is 17.2 Å². The molecule has 0 amide bonds. The Morgan fingerprint density at radius 3 is 2.22 bits per heavy atom. The number of rotatable bonds is 4. The zero-order valence-electron chi connectivity index (χ0n) is 11.7. The maximum absolute atomic E-state index is 12.5. The van der Waals surface area contributed by atoms with Crippen LogP contribution in [-0.2, 0) is 12.8 Å². The van der Waals surface area contributed by atoms with E-state index >= 15 is 0 Å². The first-order chi connectivity index (χ1) is 11.0. The smallest absolute Gasteiger partial charge is 0.416 e. The number of halogens is 3. The minimum atomic E-state index is -4.33. The Hall–Kier alpha value is -2.83. The highest BCUT2D eigenvalue weighted by atomic mass is 19.4. The Balaban J connectivity index is 1.62. The molecular weight excluding hydrogens is 309 g/mol. The molecule has 0 unspecified atom stereocenters. The fourth-order valence-electron chi connectivity index (χ4n) is 1.95. The van der Waals surface area contributed by atoms with Gasteiger partial charge in [-0.05, 0) is 42.0 Å². The lowest BCUT2D eigenvalue weighted by atomic mass is 10.1. The van der Waals surface area contributed by atoms with Crippen LogP contribution in [0.25, 0.3) is 11.5 Å². The van der Waals surface area contributed by atoms with E-state index in [9.17, 15) is 13.2 Å². The van der Waals surface area contributed by atoms with Gasteiger partial charge in [0.25, 0.3) is 0 Å². The van der Waals surface area contributed by atoms with Crippen LogP contribution in [0.15, 0.2) is 59.3 Å². The van der Waals surface area contributed by atoms with E-state index in [1.165, 1.54) is 18.5 Å². The molecule has 1 heterocycles. The zero-order chi connectivity index (χ0) is 16.3. The minimum absolute atomic E-state index is 0.179. The SMILES string of the molecule is FC(F)(F)c1ccc(COc2ccc(-c3nnco3)cc2)cc1. The molecule has 0 spiro atoms. The van der Waals surface area contributed by atoms with Crippen LogP contribution < -0.4 is 4.74 Å². The van der Waals surface area contributed by atoms with Crippen LogP contribution in [0.5, 0.6) is 5.75 Å². The number of hydrogen-bond acceptors (Lipinski definition) is 4. The van der Waals surface area contributed by atoms with E-state index in [1.54, 1.807) is 24.3 Å². The van der Waals surface area contributed by atoms with Crippen molar-refractivity contribution < 1.29 is 22.3 Å². The van der Waals surface area contributed by atoms with E-state index in [0.29, 0.717) is 17.2 Å². The lowest BCUT2D eigenvalue weighted by molar-refractivity contribution is -0.137. The summed E-state index contributed by atoms with van der Waals surface area (Å²) in [6.45, 7) is 0.179. The van der Waals surface area contributed by atoms with Crippen LogP contribution in [-0.4, -0.2) is 10.2 Å². The average molecular weight is 320 g/mol. The van der Waals surface area contributed by atoms with E-state index in [-0.39, 0.29) is 6.61 Å². The maximum atomic E-state index is 12.5. The molecule has 0 aliphatic carbocycles. The molecule has 3 rings (SSSR count). The molecule has 118 valence electrons. The quantitative estimate of drug-likeness (QED) is 0.718. The molecule has 23 heavy (non-hydrogen) atoms. The number of benzene rings is 2. The van der Waals surface area contributed by atoms with Gasteiger partial charge in [-0.3, -0.25) is 0 Å². The van der Waals surface area contributed by atoms with E-state index in [1.807, 2.05) is 0 Å². The highest BCUT2D eigenvalue weighted by molar-refractivity contribution is 5.53. The average Bonchev–Trinajstić information content (AvgIpc) is 3.07. The number of ether oxygens (including phenoxy) is 1. The molecule has 7 heteroatoms. The highest BCUT2D eigenvalue weighted by Crippen LogP contribution is 2.29. The van der Waals surface area contributed by atoms with Gasteiger partial charge < -0.3 is 9.15 Å². The summed E-state index contributed by atoms with van der Waals surface area (Å²) in [6.07, 6.45) is -3.09. The molecule has 2 aromatic carbocycles. The van der Waals surface area contributed by atoms with Crippen LogP contribution in [0, 0.1) is 0 Å². The molecule has 0 N–H and O–H groups in total. The Bertz CT molecular complexity index is 752. The molecule has 0 saturated carbocycles. The number of nitrogens with zero attached hydrogens (tertiary/aromatic N) is 2. The van der Waals surface area contributed by atoms with Gasteiger partial charge in [0, 0.05) is 5.56 Å². The largest absolute Gasteiger partial charge is 0.489 e. The zero-order valence-corrected chi connectivity index (χ0v) is 11.7. The molecule has 3 aromatic rings. The summed E-state index contributed by atoms with van der Waals surface area (Å²) in [7, 11) is 0. The Kier molecular flexibility index (Phi) is 4.01. The van der Waals surface area contributed by atoms with Gasteiger partial charge >= 0.3 is 6.18 Å². The molecular formula is C16H11F3N2O2. The second-order valence-corrected chi connectivity index (χ2v) is 4.75. The topological polar surface area (TPSA) is 48.2 Å². The van der Waals surface area contributed by atoms with E-state index < -0.39 is 11.7 Å². The van der Waals surface area contributed by atoms with Crippen LogP contribution in [0.2, 0.25) is 0 Å². The summed E-state index contributed by atoms with van der Waals surface area (Å²) in [5.41, 5.74) is 0.730. The summed E-state index contributed by atoms with van der Waals surface area (Å²) in [5.74, 6) is 0.993. The summed E-state index contributed by atoms with van der Waals surface area (Å²) in [5, 5.41) is 7.38. The first-order valence-electron chi connectivity index (χ1n) is 6.68. The first-order valence-corrected chi connectivity index (χ1v) is 6.68. The van der Waals surface area contributed by atoms with Crippen LogP contribution in [0.1, 0.15) is 11.1 Å². The third-order valence-electron chi connectivity index (χ3n) is 3.15. The van der Waals surface area contributed by atoms with Crippen LogP contribution in [0.3, 0.4) is 0 Å². The van der Waals surface area contributed by atoms with E-state index in [4.69, 9.17) is 9.15 Å². The van der Waals surface area contributed by atoms with Crippen LogP contribution >= 0.6 is 0 Å². The van der Waals surface area contributed by atoms with Crippen molar-refractivity contribution in [3.05, 3.63) is 66.1 Å². The number of hydrogen-bond donors (Lipinski definition) is 0. The maximum Gasteiger partial charge on any atom is 0.416 e. The third-order valence-corrected chi connectivity index (χ3v) is 3.15. The summed E-state index contributed by atoms with van der Waals surface area (Å²) in [6, 6.07) is 11.8. The standard InChI is InChI=1S/C16H11F3N2O2/c17-16(18,19)13-5-1-11(2-6-13)9-22-14-7-3-12(4-8-14)15-21-20-10-23-15/h1-8,10H,9H2. The van der Waals surface area contributed by atoms with Gasteiger partial charge in [-0.15, -0.1) is 10.2 Å². The van der Waals surface area contributed by atoms with E-state index in [2.05, 4.69) is 10.2 Å². The molecule has 4 nitrogen and oxygen atoms in total. The molecule has 0 atom stereocenters. The summed E-state index contributed by atoms with van der Waals surface area (Å²) >= 11 is 0. The molecule has 0 bridgehead atoms. The lowest BCUT2D eigenvalue weighted by Crippen LogP contribution is -2.05. The van der Waals surface area contributed by atoms with Gasteiger partial charge in [-0.25, -0.2) is 0 Å². The fraction of sp³-hybridized carbons (Fsp3) is 0.125. The Morgan fingerprint density at radius 1 is 0.957 bits per heavy atom. The Morgan fingerprint density at radius 2 is 1.65 bits per heavy atom. The van der Waals surface area contributed by atoms with Gasteiger partial charge in [0.05, 0.1) is 5.56 Å². The van der Waals surface area contributed by atoms with Crippen molar-refractivity contribution in [1.29, 1.82) is 0 Å². The summed E-state index contributed by atoms with van der Waals surface area (Å²) < 4.78 is 48.0. The molecule has 0 fully saturated rings. The van der Waals surface area contributed by atoms with Gasteiger partial charge in [0.1, 0.15) is 12.4 Å². The monoisotopic (exact) mass is 320 g/mol. The summed E-state index contributed by atoms with van der Waals surface area (Å²) in [4.78, 5) is 0. The van der Waals surface area contributed by atoms with Crippen molar-refractivity contribution in [1.82, 2.24) is 10.2 Å². The normalized spacial score (nSPS) is 11.4. The number of aromatic nitrogens is 2. The van der Waals surface area contributed by atoms with Crippen molar-refractivity contribution in [3.63, 3.8) is 0 Å². The molecule has 0 saturated heterocycles. The van der Waals surface area contributed by atoms with Gasteiger partial charge in [0.15, 0.2) is 0 Å². The van der Waals surface area contributed by atoms with E-state index in [0.717, 1.165) is 17.7 Å². The van der Waals surface area contributed by atoms with Gasteiger partial charge in [-0.2, -0.15) is 13.2 Å². The van der Waals surface area contributed by atoms with Crippen LogP contribution in [0.4, 0.5) is 13.2 Å². The second-order valence-electron chi connectivity index (χ2n) is 4.75. The highest BCUT2D eigenvalue weighted by Gasteiger charge is 2.29. The molecule has 1 aromatic heterocycles. The lowest BCUT2D eigenvalue weighted by Gasteiger charge is -2.09. The van der Waals surface area contributed by atoms with Crippen molar-refractivity contribution in [2.75, 3.05) is 0 Å². The van der Waals surface area contributed by atoms with Crippen molar-refractivity contribution in [2.24, 2.45) is 0 Å². The molecule has 0 aliphatic heterocycles. The minimum Gasteiger partial charge on any atom is -0.489 e. The predicted molar refractivity (Wildman–Crippen MR) is 75.5 cm³/mol.